The van der Waals surface area contributed by atoms with Crippen LogP contribution in [0.3, 0.4) is 0 Å². The molecule has 0 N–H and O–H groups in total. The van der Waals surface area contributed by atoms with Gasteiger partial charge in [-0.05, 0) is 194 Å². The summed E-state index contributed by atoms with van der Waals surface area (Å²) in [5.41, 5.74) is 28.2. The van der Waals surface area contributed by atoms with E-state index in [9.17, 15) is 0 Å². The molecule has 126 heavy (non-hydrogen) atoms. The normalized spacial score (nSPS) is 12.7. The molecule has 0 amide bonds. The number of hydrogen-bond donors (Lipinski definition) is 0. The zero-order valence-corrected chi connectivity index (χ0v) is 69.0. The van der Waals surface area contributed by atoms with Crippen molar-refractivity contribution < 1.29 is 4.42 Å². The number of rotatable bonds is 13. The fourth-order valence-electron chi connectivity index (χ4n) is 19.7. The molecular formula is C118H74N6OS. The smallest absolute Gasteiger partial charge is 0.164 e. The quantitative estimate of drug-likeness (QED) is 0.114. The molecule has 25 rings (SSSR count). The van der Waals surface area contributed by atoms with Crippen molar-refractivity contribution in [3.8, 4) is 124 Å². The van der Waals surface area contributed by atoms with E-state index in [-0.39, 0.29) is 0 Å². The lowest BCUT2D eigenvalue weighted by Crippen LogP contribution is -2.28. The first-order chi connectivity index (χ1) is 62.4. The maximum atomic E-state index is 6.84. The third kappa shape index (κ3) is 12.5. The first kappa shape index (κ1) is 73.6. The third-order valence-electron chi connectivity index (χ3n) is 25.6. The third-order valence-corrected chi connectivity index (χ3v) is 26.8. The average molecular weight is 1620 g/mol. The highest BCUT2D eigenvalue weighted by Gasteiger charge is 2.48. The summed E-state index contributed by atoms with van der Waals surface area (Å²) in [6.07, 6.45) is 0. The van der Waals surface area contributed by atoms with Crippen molar-refractivity contribution in [2.75, 3.05) is 0 Å². The molecule has 19 aromatic carbocycles. The molecule has 0 atom stereocenters. The molecule has 7 nitrogen and oxygen atoms in total. The number of nitrogens with zero attached hydrogens (tertiary/aromatic N) is 6. The molecule has 0 aliphatic heterocycles. The minimum absolute atomic E-state index is 0.476. The number of benzene rings is 19. The monoisotopic (exact) mass is 1620 g/mol. The van der Waals surface area contributed by atoms with Gasteiger partial charge >= 0.3 is 0 Å². The van der Waals surface area contributed by atoms with E-state index in [0.29, 0.717) is 34.9 Å². The van der Waals surface area contributed by atoms with Crippen molar-refractivity contribution in [1.82, 2.24) is 29.9 Å². The Bertz CT molecular complexity index is 8140. The van der Waals surface area contributed by atoms with Crippen molar-refractivity contribution in [1.29, 1.82) is 0 Å². The minimum Gasteiger partial charge on any atom is -0.456 e. The van der Waals surface area contributed by atoms with Gasteiger partial charge in [0.15, 0.2) is 34.9 Å². The maximum absolute atomic E-state index is 6.84. The Balaban J connectivity index is 0.000000141. The zero-order chi connectivity index (χ0) is 83.2. The first-order valence-corrected chi connectivity index (χ1v) is 43.6. The predicted octanol–water partition coefficient (Wildman–Crippen LogP) is 30.0. The van der Waals surface area contributed by atoms with E-state index in [1.54, 1.807) is 0 Å². The molecule has 4 heterocycles. The fraction of sp³-hybridized carbons (Fsp3) is 0.0169. The van der Waals surface area contributed by atoms with Gasteiger partial charge in [-0.2, -0.15) is 0 Å². The summed E-state index contributed by atoms with van der Waals surface area (Å²) in [5, 5.41) is 9.30. The summed E-state index contributed by atoms with van der Waals surface area (Å²) >= 11 is 1.83. The van der Waals surface area contributed by atoms with Crippen LogP contribution in [0, 0.1) is 0 Å². The lowest BCUT2D eigenvalue weighted by Gasteiger charge is -2.34. The van der Waals surface area contributed by atoms with Crippen LogP contribution in [0.2, 0.25) is 0 Å². The Labute approximate surface area is 732 Å². The summed E-state index contributed by atoms with van der Waals surface area (Å²) in [6.45, 7) is 0. The molecule has 0 fully saturated rings. The lowest BCUT2D eigenvalue weighted by molar-refractivity contribution is 0.665. The van der Waals surface area contributed by atoms with E-state index in [1.807, 2.05) is 47.7 Å². The second-order valence-corrected chi connectivity index (χ2v) is 33.8. The van der Waals surface area contributed by atoms with Gasteiger partial charge in [0.05, 0.1) is 10.8 Å². The van der Waals surface area contributed by atoms with Crippen LogP contribution >= 0.6 is 11.3 Å². The second kappa shape index (κ2) is 30.4. The van der Waals surface area contributed by atoms with E-state index in [2.05, 4.69) is 413 Å². The van der Waals surface area contributed by atoms with Gasteiger partial charge in [0, 0.05) is 64.3 Å². The van der Waals surface area contributed by atoms with Crippen LogP contribution < -0.4 is 0 Å². The Morgan fingerprint density at radius 2 is 0.476 bits per heavy atom. The van der Waals surface area contributed by atoms with E-state index in [4.69, 9.17) is 34.3 Å². The lowest BCUT2D eigenvalue weighted by atomic mass is 9.67. The summed E-state index contributed by atoms with van der Waals surface area (Å²) in [6, 6.07) is 161. The molecular weight excluding hydrogens is 1550 g/mol. The topological polar surface area (TPSA) is 90.5 Å². The molecule has 0 saturated carbocycles. The summed E-state index contributed by atoms with van der Waals surface area (Å²) in [5.74, 6) is 3.72. The van der Waals surface area contributed by atoms with E-state index in [1.165, 1.54) is 114 Å². The van der Waals surface area contributed by atoms with Crippen molar-refractivity contribution in [2.24, 2.45) is 0 Å². The Morgan fingerprint density at radius 1 is 0.175 bits per heavy atom. The molecule has 23 aromatic rings. The number of aromatic nitrogens is 6. The SMILES string of the molecule is c1ccc(-c2cccc(-c3cccc(-c4nc(-c5ccccc5)nc(-c5ccc6c(c5)oc5cc(C7(c8ccccc8)c8ccccc8-c8ccccc87)ccc56)n4)c3)c2)cc1.c1ccc(C2(c3ccc4sc5ccc(-c6nc(-c7ccc(-c8ccc9ccccc9c8)cc7)nc(-c7ccc8ccccc8c7)n6)cc5c4c3)c3ccccc3-c3ccccc32)cc1. The molecule has 8 heteroatoms. The van der Waals surface area contributed by atoms with Gasteiger partial charge < -0.3 is 4.42 Å². The molecule has 2 aliphatic rings. The zero-order valence-electron chi connectivity index (χ0n) is 68.2. The predicted molar refractivity (Wildman–Crippen MR) is 518 cm³/mol. The molecule has 0 spiro atoms. The van der Waals surface area contributed by atoms with Gasteiger partial charge in [0.1, 0.15) is 11.2 Å². The highest BCUT2D eigenvalue weighted by Crippen LogP contribution is 2.59. The summed E-state index contributed by atoms with van der Waals surface area (Å²) in [4.78, 5) is 30.9. The van der Waals surface area contributed by atoms with Gasteiger partial charge in [-0.3, -0.25) is 0 Å². The largest absolute Gasteiger partial charge is 0.456 e. The Morgan fingerprint density at radius 3 is 1.01 bits per heavy atom. The van der Waals surface area contributed by atoms with Crippen molar-refractivity contribution in [2.45, 2.75) is 10.8 Å². The standard InChI is InChI=1S/C60H37N3S.C58H37N3O/c1-2-16-47(17-3-1)60(53-20-10-8-18-49(53)50-19-9-11-21-54(50)60)48-31-33-56-52(37-48)51-36-46(30-32-55(51)64-56)59-62-57(61-58(63-59)45-29-25-39-13-5-7-15-43(39)35-45)41-26-22-40(23-27-41)44-28-24-38-12-4-6-14-42(38)34-44;1-4-16-38(17-5-1)40-20-14-21-41(34-40)42-22-15-23-43(35-42)56-59-55(39-18-6-2-7-19-39)60-57(61-56)44-30-32-49-50-33-31-46(37-54(50)62-53(49)36-44)58(45-24-8-3-9-25-45)51-28-12-10-26-47(51)48-27-11-13-29-52(48)58/h1-37H;1-37H. The van der Waals surface area contributed by atoms with Crippen molar-refractivity contribution in [3.63, 3.8) is 0 Å². The molecule has 2 aliphatic carbocycles. The van der Waals surface area contributed by atoms with Gasteiger partial charge in [-0.25, -0.2) is 29.9 Å². The average Bonchev–Trinajstić information content (AvgIpc) is 1.54. The van der Waals surface area contributed by atoms with Gasteiger partial charge in [-0.15, -0.1) is 11.3 Å². The van der Waals surface area contributed by atoms with Gasteiger partial charge in [-0.1, -0.05) is 376 Å². The molecule has 0 saturated heterocycles. The van der Waals surface area contributed by atoms with E-state index in [0.717, 1.165) is 83.0 Å². The second-order valence-electron chi connectivity index (χ2n) is 32.7. The molecule has 0 unspecified atom stereocenters. The fourth-order valence-corrected chi connectivity index (χ4v) is 20.8. The molecule has 0 bridgehead atoms. The number of thiophene rings is 1. The van der Waals surface area contributed by atoms with Crippen LogP contribution in [-0.4, -0.2) is 29.9 Å². The highest BCUT2D eigenvalue weighted by molar-refractivity contribution is 7.25. The Kier molecular flexibility index (Phi) is 17.8. The van der Waals surface area contributed by atoms with Gasteiger partial charge in [0.2, 0.25) is 0 Å². The maximum Gasteiger partial charge on any atom is 0.164 e. The van der Waals surface area contributed by atoms with E-state index < -0.39 is 10.8 Å². The van der Waals surface area contributed by atoms with Crippen LogP contribution in [0.15, 0.2) is 453 Å². The minimum atomic E-state index is -0.510. The molecule has 588 valence electrons. The number of furan rings is 1. The van der Waals surface area contributed by atoms with Crippen LogP contribution in [0.25, 0.3) is 188 Å². The summed E-state index contributed by atoms with van der Waals surface area (Å²) < 4.78 is 9.31. The number of fused-ring (bicyclic) bond motifs is 14. The molecule has 0 radical (unpaired) electrons. The van der Waals surface area contributed by atoms with E-state index >= 15 is 0 Å². The van der Waals surface area contributed by atoms with Crippen molar-refractivity contribution >= 4 is 75.0 Å². The van der Waals surface area contributed by atoms with Gasteiger partial charge in [0.25, 0.3) is 0 Å². The van der Waals surface area contributed by atoms with Crippen LogP contribution in [0.5, 0.6) is 0 Å². The molecule has 4 aromatic heterocycles. The van der Waals surface area contributed by atoms with Crippen molar-refractivity contribution in [3.05, 3.63) is 493 Å². The number of hydrogen-bond acceptors (Lipinski definition) is 8. The van der Waals surface area contributed by atoms with Crippen LogP contribution in [-0.2, 0) is 10.8 Å². The van der Waals surface area contributed by atoms with Crippen LogP contribution in [0.4, 0.5) is 0 Å². The van der Waals surface area contributed by atoms with Crippen LogP contribution in [0.1, 0.15) is 44.5 Å². The first-order valence-electron chi connectivity index (χ1n) is 42.7. The summed E-state index contributed by atoms with van der Waals surface area (Å²) in [7, 11) is 0. The highest BCUT2D eigenvalue weighted by atomic mass is 32.1. The Hall–Kier alpha value is -16.3.